The number of ether oxygens (including phenoxy) is 2. The monoisotopic (exact) mass is 196 g/mol. The molecule has 0 spiro atoms. The van der Waals surface area contributed by atoms with Crippen molar-refractivity contribution in [3.05, 3.63) is 24.3 Å². The Morgan fingerprint density at radius 2 is 2.14 bits per heavy atom. The Morgan fingerprint density at radius 3 is 2.93 bits per heavy atom. The van der Waals surface area contributed by atoms with E-state index in [4.69, 9.17) is 9.47 Å². The first-order valence-electron chi connectivity index (χ1n) is 4.57. The Hall–Kier alpha value is -1.13. The number of cyclic esters (lactones) is 1. The van der Waals surface area contributed by atoms with Crippen molar-refractivity contribution in [2.45, 2.75) is 31.3 Å². The van der Waals surface area contributed by atoms with E-state index in [9.17, 15) is 9.90 Å². The van der Waals surface area contributed by atoms with Gasteiger partial charge in [0.05, 0.1) is 6.10 Å². The average molecular weight is 196 g/mol. The summed E-state index contributed by atoms with van der Waals surface area (Å²) in [5.41, 5.74) is 0. The fraction of sp³-hybridized carbons (Fsp3) is 0.500. The van der Waals surface area contributed by atoms with Crippen LogP contribution in [0.4, 0.5) is 0 Å². The Morgan fingerprint density at radius 1 is 1.36 bits per heavy atom. The van der Waals surface area contributed by atoms with E-state index >= 15 is 0 Å². The molecular weight excluding hydrogens is 184 g/mol. The topological polar surface area (TPSA) is 59.1 Å². The predicted octanol–water partition coefficient (Wildman–Crippen LogP) is 0.172. The van der Waals surface area contributed by atoms with Crippen molar-refractivity contribution in [2.24, 2.45) is 0 Å². The molecule has 4 nitrogen and oxygen atoms in total. The van der Waals surface area contributed by atoms with Crippen molar-refractivity contribution < 1.29 is 19.4 Å². The van der Waals surface area contributed by atoms with Gasteiger partial charge in [0.2, 0.25) is 0 Å². The Bertz CT molecular complexity index is 294. The normalized spacial score (nSPS) is 46.0. The average Bonchev–Trinajstić information content (AvgIpc) is 2.89. The van der Waals surface area contributed by atoms with Gasteiger partial charge in [-0.3, -0.25) is 0 Å². The Balaban J connectivity index is 2.11. The number of hydrogen-bond donors (Lipinski definition) is 1. The van der Waals surface area contributed by atoms with Crippen molar-refractivity contribution in [3.8, 4) is 0 Å². The molecule has 0 aromatic carbocycles. The minimum Gasteiger partial charge on any atom is -0.457 e. The second kappa shape index (κ2) is 3.55. The highest BCUT2D eigenvalue weighted by molar-refractivity contribution is 5.82. The van der Waals surface area contributed by atoms with Gasteiger partial charge >= 0.3 is 5.97 Å². The van der Waals surface area contributed by atoms with Gasteiger partial charge in [-0.1, -0.05) is 12.2 Å². The molecule has 1 saturated heterocycles. The zero-order valence-corrected chi connectivity index (χ0v) is 7.79. The molecule has 0 bridgehead atoms. The summed E-state index contributed by atoms with van der Waals surface area (Å²) in [6.07, 6.45) is 4.93. The number of rotatable bonds is 0. The van der Waals surface area contributed by atoms with Crippen molar-refractivity contribution in [1.29, 1.82) is 0 Å². The maximum atomic E-state index is 11.1. The molecule has 1 N–H and O–H groups in total. The maximum absolute atomic E-state index is 11.1. The van der Waals surface area contributed by atoms with Crippen molar-refractivity contribution in [1.82, 2.24) is 0 Å². The molecule has 4 heteroatoms. The molecule has 2 aliphatic heterocycles. The van der Waals surface area contributed by atoms with Gasteiger partial charge in [0.25, 0.3) is 0 Å². The van der Waals surface area contributed by atoms with Crippen LogP contribution in [-0.2, 0) is 14.3 Å². The van der Waals surface area contributed by atoms with Crippen LogP contribution in [0.5, 0.6) is 0 Å². The number of carbonyl (C=O) groups excluding carboxylic acids is 1. The Labute approximate surface area is 81.8 Å². The van der Waals surface area contributed by atoms with Crippen LogP contribution in [-0.4, -0.2) is 35.5 Å². The highest BCUT2D eigenvalue weighted by atomic mass is 16.6. The molecule has 76 valence electrons. The van der Waals surface area contributed by atoms with Crippen LogP contribution in [0, 0.1) is 0 Å². The summed E-state index contributed by atoms with van der Waals surface area (Å²) >= 11 is 0. The van der Waals surface area contributed by atoms with Crippen LogP contribution in [0.3, 0.4) is 0 Å². The number of hydrogen-bond acceptors (Lipinski definition) is 4. The minimum atomic E-state index is -0.749. The van der Waals surface area contributed by atoms with Gasteiger partial charge in [-0.2, -0.15) is 0 Å². The van der Waals surface area contributed by atoms with E-state index in [1.165, 1.54) is 12.2 Å². The van der Waals surface area contributed by atoms with E-state index in [1.54, 1.807) is 19.1 Å². The summed E-state index contributed by atoms with van der Waals surface area (Å²) in [6.45, 7) is 1.79. The number of carbonyl (C=O) groups is 1. The number of fused-ring (bicyclic) bond motifs is 1. The summed E-state index contributed by atoms with van der Waals surface area (Å²) in [7, 11) is 0. The van der Waals surface area contributed by atoms with Gasteiger partial charge in [-0.05, 0) is 13.0 Å². The molecule has 0 radical (unpaired) electrons. The van der Waals surface area contributed by atoms with E-state index in [-0.39, 0.29) is 18.3 Å². The zero-order chi connectivity index (χ0) is 10.1. The molecule has 2 rings (SSSR count). The number of aliphatic hydroxyl groups is 1. The van der Waals surface area contributed by atoms with E-state index in [2.05, 4.69) is 0 Å². The number of esters is 1. The minimum absolute atomic E-state index is 0.0288. The first-order valence-corrected chi connectivity index (χ1v) is 4.57. The molecule has 0 amide bonds. The van der Waals surface area contributed by atoms with Crippen LogP contribution < -0.4 is 0 Å². The molecule has 0 aromatic heterocycles. The lowest BCUT2D eigenvalue weighted by Gasteiger charge is -2.09. The van der Waals surface area contributed by atoms with Gasteiger partial charge < -0.3 is 14.6 Å². The summed E-state index contributed by atoms with van der Waals surface area (Å²) < 4.78 is 10.3. The quantitative estimate of drug-likeness (QED) is 0.341. The highest BCUT2D eigenvalue weighted by Crippen LogP contribution is 2.28. The van der Waals surface area contributed by atoms with Gasteiger partial charge in [0.15, 0.2) is 0 Å². The molecule has 0 aliphatic carbocycles. The fourth-order valence-electron chi connectivity index (χ4n) is 1.42. The van der Waals surface area contributed by atoms with Crippen LogP contribution in [0.1, 0.15) is 6.92 Å². The summed E-state index contributed by atoms with van der Waals surface area (Å²) in [5, 5.41) is 9.31. The highest BCUT2D eigenvalue weighted by Gasteiger charge is 2.43. The molecule has 2 aliphatic rings. The zero-order valence-electron chi connectivity index (χ0n) is 7.79. The smallest absolute Gasteiger partial charge is 0.330 e. The van der Waals surface area contributed by atoms with E-state index < -0.39 is 12.1 Å². The standard InChI is InChI=1S/C10H12O4/c1-6-10-8(14-10)4-2-7(11)3-5-9(12)13-6/h2-8,10-11H,1H3/b4-2-,5-3-/t6-,7-,8-,10+/m1/s1. The van der Waals surface area contributed by atoms with Gasteiger partial charge in [0.1, 0.15) is 18.3 Å². The molecule has 0 saturated carbocycles. The van der Waals surface area contributed by atoms with Crippen LogP contribution >= 0.6 is 0 Å². The predicted molar refractivity (Wildman–Crippen MR) is 48.5 cm³/mol. The van der Waals surface area contributed by atoms with Crippen LogP contribution in [0.2, 0.25) is 0 Å². The van der Waals surface area contributed by atoms with Gasteiger partial charge in [-0.15, -0.1) is 0 Å². The van der Waals surface area contributed by atoms with Gasteiger partial charge in [0, 0.05) is 6.08 Å². The lowest BCUT2D eigenvalue weighted by Crippen LogP contribution is -2.21. The van der Waals surface area contributed by atoms with Gasteiger partial charge in [-0.25, -0.2) is 4.79 Å². The van der Waals surface area contributed by atoms with E-state index in [1.807, 2.05) is 0 Å². The number of epoxide rings is 1. The van der Waals surface area contributed by atoms with Crippen molar-refractivity contribution in [2.75, 3.05) is 0 Å². The maximum Gasteiger partial charge on any atom is 0.330 e. The molecule has 14 heavy (non-hydrogen) atoms. The number of aliphatic hydroxyl groups excluding tert-OH is 1. The van der Waals surface area contributed by atoms with Crippen molar-refractivity contribution in [3.63, 3.8) is 0 Å². The largest absolute Gasteiger partial charge is 0.457 e. The molecule has 1 fully saturated rings. The lowest BCUT2D eigenvalue weighted by atomic mass is 10.2. The SMILES string of the molecule is C[C@H]1OC(=O)/C=C\[C@H](O)/C=C\[C@H]2O[C@@H]12. The molecule has 0 aromatic rings. The lowest BCUT2D eigenvalue weighted by molar-refractivity contribution is -0.143. The van der Waals surface area contributed by atoms with E-state index in [0.717, 1.165) is 0 Å². The summed E-state index contributed by atoms with van der Waals surface area (Å²) in [4.78, 5) is 11.1. The molecule has 4 atom stereocenters. The van der Waals surface area contributed by atoms with E-state index in [0.29, 0.717) is 0 Å². The first-order chi connectivity index (χ1) is 6.66. The fourth-order valence-corrected chi connectivity index (χ4v) is 1.42. The molecule has 0 unspecified atom stereocenters. The third kappa shape index (κ3) is 2.02. The Kier molecular flexibility index (Phi) is 2.39. The molecule has 2 heterocycles. The first kappa shape index (κ1) is 9.43. The third-order valence-electron chi connectivity index (χ3n) is 2.25. The van der Waals surface area contributed by atoms with Crippen LogP contribution in [0.15, 0.2) is 24.3 Å². The van der Waals surface area contributed by atoms with Crippen molar-refractivity contribution >= 4 is 5.97 Å². The summed E-state index contributed by atoms with van der Waals surface area (Å²) in [6, 6.07) is 0. The second-order valence-electron chi connectivity index (χ2n) is 3.44. The summed E-state index contributed by atoms with van der Waals surface area (Å²) in [5.74, 6) is -0.443. The second-order valence-corrected chi connectivity index (χ2v) is 3.44. The van der Waals surface area contributed by atoms with Crippen LogP contribution in [0.25, 0.3) is 0 Å². The third-order valence-corrected chi connectivity index (χ3v) is 2.25. The molecular formula is C10H12O4.